The zero-order chi connectivity index (χ0) is 57.5. The first-order chi connectivity index (χ1) is 38.6. The molecule has 6 unspecified atom stereocenters. The molecule has 3 N–H and O–H groups in total. The van der Waals surface area contributed by atoms with E-state index in [4.69, 9.17) is 23.7 Å². The zero-order valence-corrected chi connectivity index (χ0v) is 49.3. The molecule has 1 aliphatic heterocycles. The minimum Gasteiger partial charge on any atom is -0.479 e. The van der Waals surface area contributed by atoms with Gasteiger partial charge in [-0.25, -0.2) is 4.79 Å². The summed E-state index contributed by atoms with van der Waals surface area (Å²) in [5.74, 6) is -3.23. The molecule has 6 atom stereocenters. The normalized spacial score (nSPS) is 18.6. The van der Waals surface area contributed by atoms with E-state index in [-0.39, 0.29) is 25.9 Å². The number of hydrogen-bond acceptors (Lipinski definition) is 11. The smallest absolute Gasteiger partial charge is 0.335 e. The number of hydrogen-bond donors (Lipinski definition) is 3. The summed E-state index contributed by atoms with van der Waals surface area (Å²) in [5, 5.41) is 31.5. The Hall–Kier alpha value is -4.62. The van der Waals surface area contributed by atoms with E-state index in [0.717, 1.165) is 116 Å². The topological polar surface area (TPSA) is 175 Å². The second-order valence-corrected chi connectivity index (χ2v) is 20.6. The van der Waals surface area contributed by atoms with Crippen LogP contribution in [0.2, 0.25) is 0 Å². The van der Waals surface area contributed by atoms with Crippen LogP contribution in [0.3, 0.4) is 0 Å². The first-order valence-corrected chi connectivity index (χ1v) is 30.9. The molecule has 1 aliphatic rings. The van der Waals surface area contributed by atoms with E-state index in [1.165, 1.54) is 57.8 Å². The molecular formula is C67H108O12. The lowest BCUT2D eigenvalue weighted by Crippen LogP contribution is -2.61. The minimum absolute atomic E-state index is 0.0322. The van der Waals surface area contributed by atoms with Gasteiger partial charge in [-0.15, -0.1) is 0 Å². The molecule has 1 saturated heterocycles. The van der Waals surface area contributed by atoms with Crippen molar-refractivity contribution in [1.82, 2.24) is 0 Å². The molecular weight excluding hydrogens is 997 g/mol. The predicted molar refractivity (Wildman–Crippen MR) is 321 cm³/mol. The number of unbranched alkanes of at least 4 members (excludes halogenated alkanes) is 19. The summed E-state index contributed by atoms with van der Waals surface area (Å²) in [4.78, 5) is 51.2. The van der Waals surface area contributed by atoms with Crippen molar-refractivity contribution in [3.05, 3.63) is 109 Å². The lowest BCUT2D eigenvalue weighted by Gasteiger charge is -2.40. The van der Waals surface area contributed by atoms with E-state index in [1.54, 1.807) is 0 Å². The van der Waals surface area contributed by atoms with Crippen molar-refractivity contribution in [2.24, 2.45) is 0 Å². The van der Waals surface area contributed by atoms with Crippen LogP contribution in [0, 0.1) is 0 Å². The Morgan fingerprint density at radius 3 is 1.30 bits per heavy atom. The van der Waals surface area contributed by atoms with Crippen LogP contribution in [0.4, 0.5) is 0 Å². The van der Waals surface area contributed by atoms with Gasteiger partial charge in [0.2, 0.25) is 0 Å². The molecule has 0 radical (unpaired) electrons. The number of esters is 3. The maximum absolute atomic E-state index is 13.2. The largest absolute Gasteiger partial charge is 0.479 e. The number of carbonyl (C=O) groups is 4. The molecule has 0 bridgehead atoms. The Balaban J connectivity index is 2.72. The fraction of sp³-hybridized carbons (Fsp3) is 0.672. The van der Waals surface area contributed by atoms with Gasteiger partial charge >= 0.3 is 23.9 Å². The van der Waals surface area contributed by atoms with Crippen molar-refractivity contribution in [2.75, 3.05) is 13.2 Å². The number of rotatable bonds is 51. The van der Waals surface area contributed by atoms with Gasteiger partial charge in [-0.05, 0) is 116 Å². The van der Waals surface area contributed by atoms with Gasteiger partial charge in [0.05, 0.1) is 6.61 Å². The molecule has 12 heteroatoms. The zero-order valence-electron chi connectivity index (χ0n) is 49.3. The number of carboxylic acid groups (broad SMARTS) is 1. The summed E-state index contributed by atoms with van der Waals surface area (Å²) < 4.78 is 28.4. The van der Waals surface area contributed by atoms with E-state index in [9.17, 15) is 34.5 Å². The number of carboxylic acids is 1. The van der Waals surface area contributed by atoms with E-state index >= 15 is 0 Å². The van der Waals surface area contributed by atoms with Crippen LogP contribution in [0.25, 0.3) is 0 Å². The maximum Gasteiger partial charge on any atom is 0.335 e. The van der Waals surface area contributed by atoms with Crippen LogP contribution < -0.4 is 0 Å². The Morgan fingerprint density at radius 2 is 0.835 bits per heavy atom. The highest BCUT2D eigenvalue weighted by Gasteiger charge is 2.50. The van der Waals surface area contributed by atoms with Crippen molar-refractivity contribution in [3.63, 3.8) is 0 Å². The standard InChI is InChI=1S/C67H108O12/c1-4-7-10-13-16-19-22-25-27-29-30-32-33-36-38-41-44-47-50-53-59(68)75-56-58(77-60(69)54-51-48-45-42-40-37-34-31-28-26-23-20-17-14-11-8-5-2)57-76-67-65(63(72)62(71)64(79-67)66(73)74)78-61(70)55-52-49-46-43-39-35-24-21-18-15-12-9-6-3/h8,11-12,15-17,19-21,24-28,34,37,42,45,58,62-65,67,71-72H,4-7,9-10,13-14,18,22-23,29-33,35-36,38-41,43-44,46-57H2,1-3H3,(H,73,74)/b11-8-,15-12-,19-16-,20-17-,24-21-,27-25-,28-26-,37-34-,45-42-. The summed E-state index contributed by atoms with van der Waals surface area (Å²) in [6.45, 7) is 5.73. The van der Waals surface area contributed by atoms with Gasteiger partial charge < -0.3 is 39.0 Å². The van der Waals surface area contributed by atoms with E-state index < -0.39 is 67.3 Å². The summed E-state index contributed by atoms with van der Waals surface area (Å²) in [6.07, 6.45) is 60.6. The molecule has 448 valence electrons. The first kappa shape index (κ1) is 72.4. The molecule has 0 aromatic heterocycles. The summed E-state index contributed by atoms with van der Waals surface area (Å²) in [7, 11) is 0. The highest BCUT2D eigenvalue weighted by molar-refractivity contribution is 5.74. The molecule has 0 aliphatic carbocycles. The van der Waals surface area contributed by atoms with Crippen molar-refractivity contribution in [3.8, 4) is 0 Å². The summed E-state index contributed by atoms with van der Waals surface area (Å²) in [6, 6.07) is 0. The number of aliphatic hydroxyl groups excluding tert-OH is 2. The van der Waals surface area contributed by atoms with Crippen LogP contribution in [0.5, 0.6) is 0 Å². The average Bonchev–Trinajstić information content (AvgIpc) is 3.46. The van der Waals surface area contributed by atoms with Crippen molar-refractivity contribution < 1.29 is 58.2 Å². The fourth-order valence-electron chi connectivity index (χ4n) is 8.59. The van der Waals surface area contributed by atoms with Crippen molar-refractivity contribution in [1.29, 1.82) is 0 Å². The Morgan fingerprint density at radius 1 is 0.430 bits per heavy atom. The van der Waals surface area contributed by atoms with Crippen LogP contribution in [0.15, 0.2) is 109 Å². The van der Waals surface area contributed by atoms with Gasteiger partial charge in [-0.3, -0.25) is 14.4 Å². The predicted octanol–water partition coefficient (Wildman–Crippen LogP) is 16.2. The number of aliphatic hydroxyl groups is 2. The van der Waals surface area contributed by atoms with Gasteiger partial charge in [-0.1, -0.05) is 214 Å². The number of allylic oxidation sites excluding steroid dienone is 18. The van der Waals surface area contributed by atoms with Gasteiger partial charge in [0.25, 0.3) is 0 Å². The van der Waals surface area contributed by atoms with Crippen molar-refractivity contribution >= 4 is 23.9 Å². The van der Waals surface area contributed by atoms with Gasteiger partial charge in [-0.2, -0.15) is 0 Å². The molecule has 0 aromatic rings. The average molecular weight is 1110 g/mol. The van der Waals surface area contributed by atoms with E-state index in [2.05, 4.69) is 118 Å². The number of aliphatic carboxylic acids is 1. The second kappa shape index (κ2) is 54.0. The second-order valence-electron chi connectivity index (χ2n) is 20.6. The first-order valence-electron chi connectivity index (χ1n) is 30.9. The van der Waals surface area contributed by atoms with Gasteiger partial charge in [0.15, 0.2) is 24.6 Å². The minimum atomic E-state index is -1.92. The quantitative estimate of drug-likeness (QED) is 0.0228. The molecule has 79 heavy (non-hydrogen) atoms. The Bertz CT molecular complexity index is 1790. The molecule has 0 spiro atoms. The summed E-state index contributed by atoms with van der Waals surface area (Å²) in [5.41, 5.74) is 0. The lowest BCUT2D eigenvalue weighted by molar-refractivity contribution is -0.301. The molecule has 0 saturated carbocycles. The summed E-state index contributed by atoms with van der Waals surface area (Å²) >= 11 is 0. The SMILES string of the molecule is CC/C=C\C/C=C\C/C=C\C/C=C\C/C=C\CCCC(=O)OC(COC(=O)CCCCCCCCCCC/C=C\C/C=C\CCCCC)COC1OC(C(=O)O)C(O)C(O)C1OC(=O)CCCCCCC/C=C\C/C=C\CCC. The lowest BCUT2D eigenvalue weighted by atomic mass is 9.98. The molecule has 1 fully saturated rings. The third-order valence-electron chi connectivity index (χ3n) is 13.3. The van der Waals surface area contributed by atoms with Crippen LogP contribution in [-0.4, -0.2) is 89.2 Å². The van der Waals surface area contributed by atoms with Crippen LogP contribution in [-0.2, 0) is 42.9 Å². The van der Waals surface area contributed by atoms with Crippen molar-refractivity contribution in [2.45, 2.75) is 276 Å². The third-order valence-corrected chi connectivity index (χ3v) is 13.3. The Kier molecular flexibility index (Phi) is 49.5. The van der Waals surface area contributed by atoms with E-state index in [1.807, 2.05) is 12.2 Å². The molecule has 0 amide bonds. The van der Waals surface area contributed by atoms with Gasteiger partial charge in [0.1, 0.15) is 18.8 Å². The number of ether oxygens (including phenoxy) is 5. The fourth-order valence-corrected chi connectivity index (χ4v) is 8.59. The maximum atomic E-state index is 13.2. The van der Waals surface area contributed by atoms with E-state index in [0.29, 0.717) is 25.7 Å². The molecule has 1 rings (SSSR count). The molecule has 1 heterocycles. The van der Waals surface area contributed by atoms with Gasteiger partial charge in [0, 0.05) is 19.3 Å². The highest BCUT2D eigenvalue weighted by atomic mass is 16.7. The van der Waals surface area contributed by atoms with Crippen LogP contribution >= 0.6 is 0 Å². The monoisotopic (exact) mass is 1100 g/mol. The number of carbonyl (C=O) groups excluding carboxylic acids is 3. The third kappa shape index (κ3) is 43.8. The Labute approximate surface area is 478 Å². The molecule has 0 aromatic carbocycles. The highest BCUT2D eigenvalue weighted by Crippen LogP contribution is 2.26. The van der Waals surface area contributed by atoms with Crippen LogP contribution in [0.1, 0.15) is 239 Å². The molecule has 12 nitrogen and oxygen atoms in total.